The molecule has 0 atom stereocenters. The Morgan fingerprint density at radius 3 is 2.62 bits per heavy atom. The summed E-state index contributed by atoms with van der Waals surface area (Å²) in [6, 6.07) is 5.34. The molecule has 2 aromatic rings. The fourth-order valence-corrected chi connectivity index (χ4v) is 2.70. The Morgan fingerprint density at radius 1 is 1.23 bits per heavy atom. The number of rotatable bonds is 6. The number of nitrogens with zero attached hydrogens (tertiary/aromatic N) is 1. The van der Waals surface area contributed by atoms with Crippen LogP contribution < -0.4 is 10.9 Å². The second-order valence-corrected chi connectivity index (χ2v) is 6.05. The minimum absolute atomic E-state index is 0.0158. The molecule has 0 radical (unpaired) electrons. The molecule has 0 saturated heterocycles. The molecule has 1 N–H and O–H groups in total. The number of fused-ring (bicyclic) bond motifs is 1. The van der Waals surface area contributed by atoms with E-state index in [1.807, 2.05) is 37.8 Å². The van der Waals surface area contributed by atoms with Gasteiger partial charge in [-0.15, -0.1) is 0 Å². The number of likely N-dealkylation sites (N-methyl/N-ethyl adjacent to an activating group) is 1. The van der Waals surface area contributed by atoms with E-state index < -0.39 is 17.6 Å². The lowest BCUT2D eigenvalue weighted by Gasteiger charge is -2.20. The second kappa shape index (κ2) is 8.62. The largest absolute Gasteiger partial charge is 0.450 e. The zero-order valence-electron chi connectivity index (χ0n) is 15.5. The molecule has 0 unspecified atom stereocenters. The molecule has 1 aromatic carbocycles. The average molecular weight is 360 g/mol. The van der Waals surface area contributed by atoms with E-state index in [1.54, 1.807) is 6.92 Å². The quantitative estimate of drug-likeness (QED) is 0.796. The fourth-order valence-electron chi connectivity index (χ4n) is 2.70. The van der Waals surface area contributed by atoms with E-state index in [2.05, 4.69) is 5.32 Å². The molecule has 0 aliphatic heterocycles. The van der Waals surface area contributed by atoms with Crippen LogP contribution >= 0.6 is 0 Å². The number of carbonyl (C=O) groups is 2. The molecule has 1 aromatic heterocycles. The van der Waals surface area contributed by atoms with E-state index in [0.717, 1.165) is 22.1 Å². The Hall–Kier alpha value is -2.67. The molecule has 140 valence electrons. The molecule has 1 heterocycles. The Bertz CT molecular complexity index is 872. The first kappa shape index (κ1) is 19.7. The predicted octanol–water partition coefficient (Wildman–Crippen LogP) is 2.50. The van der Waals surface area contributed by atoms with Crippen LogP contribution in [-0.2, 0) is 16.1 Å². The van der Waals surface area contributed by atoms with Crippen LogP contribution in [0.4, 0.5) is 4.79 Å². The fraction of sp³-hybridized carbons (Fsp3) is 0.421. The molecular weight excluding hydrogens is 336 g/mol. The van der Waals surface area contributed by atoms with Crippen molar-refractivity contribution in [2.75, 3.05) is 19.7 Å². The topological polar surface area (TPSA) is 88.9 Å². The van der Waals surface area contributed by atoms with Crippen molar-refractivity contribution in [3.05, 3.63) is 45.3 Å². The first-order chi connectivity index (χ1) is 12.3. The molecule has 7 nitrogen and oxygen atoms in total. The molecular formula is C19H24N2O5. The lowest BCUT2D eigenvalue weighted by molar-refractivity contribution is -0.121. The van der Waals surface area contributed by atoms with Crippen LogP contribution in [0.5, 0.6) is 0 Å². The van der Waals surface area contributed by atoms with Crippen LogP contribution in [0.25, 0.3) is 11.0 Å². The average Bonchev–Trinajstić information content (AvgIpc) is 2.57. The van der Waals surface area contributed by atoms with E-state index in [4.69, 9.17) is 9.15 Å². The van der Waals surface area contributed by atoms with Crippen molar-refractivity contribution in [1.82, 2.24) is 10.2 Å². The van der Waals surface area contributed by atoms with Gasteiger partial charge < -0.3 is 9.15 Å². The van der Waals surface area contributed by atoms with Gasteiger partial charge in [0.2, 0.25) is 5.91 Å². The van der Waals surface area contributed by atoms with Crippen molar-refractivity contribution < 1.29 is 18.7 Å². The van der Waals surface area contributed by atoms with E-state index in [-0.39, 0.29) is 13.2 Å². The molecule has 2 amide bonds. The number of hydrogen-bond donors (Lipinski definition) is 1. The number of amides is 2. The van der Waals surface area contributed by atoms with E-state index in [1.165, 1.54) is 6.07 Å². The van der Waals surface area contributed by atoms with Crippen LogP contribution in [0.15, 0.2) is 27.4 Å². The van der Waals surface area contributed by atoms with Crippen molar-refractivity contribution in [1.29, 1.82) is 0 Å². The molecule has 2 rings (SSSR count). The maximum Gasteiger partial charge on any atom is 0.413 e. The summed E-state index contributed by atoms with van der Waals surface area (Å²) in [5.74, 6) is -0.454. The van der Waals surface area contributed by atoms with Gasteiger partial charge in [0.05, 0.1) is 13.2 Å². The maximum atomic E-state index is 12.0. The monoisotopic (exact) mass is 360 g/mol. The van der Waals surface area contributed by atoms with Gasteiger partial charge in [0.15, 0.2) is 0 Å². The van der Waals surface area contributed by atoms with E-state index in [0.29, 0.717) is 18.7 Å². The summed E-state index contributed by atoms with van der Waals surface area (Å²) in [5, 5.41) is 3.02. The first-order valence-corrected chi connectivity index (χ1v) is 8.57. The highest BCUT2D eigenvalue weighted by molar-refractivity contribution is 5.92. The van der Waals surface area contributed by atoms with Gasteiger partial charge >= 0.3 is 11.7 Å². The molecule has 0 spiro atoms. The number of nitrogens with one attached hydrogen (secondary N) is 1. The van der Waals surface area contributed by atoms with Gasteiger partial charge in [0, 0.05) is 18.0 Å². The minimum atomic E-state index is -0.759. The Labute approximate surface area is 151 Å². The third kappa shape index (κ3) is 4.70. The Balaban J connectivity index is 2.23. The molecule has 0 saturated carbocycles. The summed E-state index contributed by atoms with van der Waals surface area (Å²) in [7, 11) is 0. The van der Waals surface area contributed by atoms with Gasteiger partial charge in [-0.1, -0.05) is 19.1 Å². The Kier molecular flexibility index (Phi) is 6.52. The standard InChI is InChI=1S/C19H24N2O5/c1-5-21(11-16(22)20-19(24)25-6-2)10-14-9-17(23)26-18-13(4)12(3)7-8-15(14)18/h7-9H,5-6,10-11H2,1-4H3,(H,20,22,24). The number of carbonyl (C=O) groups excluding carboxylic acids is 2. The number of alkyl carbamates (subject to hydrolysis) is 1. The van der Waals surface area contributed by atoms with Gasteiger partial charge in [0.1, 0.15) is 5.58 Å². The summed E-state index contributed by atoms with van der Waals surface area (Å²) in [6.45, 7) is 8.61. The highest BCUT2D eigenvalue weighted by atomic mass is 16.5. The lowest BCUT2D eigenvalue weighted by Crippen LogP contribution is -2.40. The van der Waals surface area contributed by atoms with Gasteiger partial charge in [-0.3, -0.25) is 15.0 Å². The maximum absolute atomic E-state index is 12.0. The lowest BCUT2D eigenvalue weighted by atomic mass is 10.0. The summed E-state index contributed by atoms with van der Waals surface area (Å²) in [5.41, 5.74) is 2.89. The van der Waals surface area contributed by atoms with Crippen molar-refractivity contribution in [2.45, 2.75) is 34.2 Å². The predicted molar refractivity (Wildman–Crippen MR) is 98.1 cm³/mol. The molecule has 0 aliphatic carbocycles. The highest BCUT2D eigenvalue weighted by Gasteiger charge is 2.16. The zero-order valence-corrected chi connectivity index (χ0v) is 15.5. The van der Waals surface area contributed by atoms with Gasteiger partial charge in [-0.2, -0.15) is 0 Å². The van der Waals surface area contributed by atoms with Gasteiger partial charge in [-0.05, 0) is 44.0 Å². The smallest absolute Gasteiger partial charge is 0.413 e. The van der Waals surface area contributed by atoms with E-state index >= 15 is 0 Å². The number of imide groups is 1. The molecule has 26 heavy (non-hydrogen) atoms. The SMILES string of the molecule is CCOC(=O)NC(=O)CN(CC)Cc1cc(=O)oc2c(C)c(C)ccc12. The van der Waals surface area contributed by atoms with E-state index in [9.17, 15) is 14.4 Å². The third-order valence-corrected chi connectivity index (χ3v) is 4.24. The van der Waals surface area contributed by atoms with Gasteiger partial charge in [-0.25, -0.2) is 9.59 Å². The normalized spacial score (nSPS) is 11.0. The highest BCUT2D eigenvalue weighted by Crippen LogP contribution is 2.24. The van der Waals surface area contributed by atoms with Crippen LogP contribution in [0.2, 0.25) is 0 Å². The van der Waals surface area contributed by atoms with Crippen LogP contribution in [0.1, 0.15) is 30.5 Å². The van der Waals surface area contributed by atoms with Crippen molar-refractivity contribution in [3.8, 4) is 0 Å². The molecule has 0 bridgehead atoms. The number of benzene rings is 1. The first-order valence-electron chi connectivity index (χ1n) is 8.57. The second-order valence-electron chi connectivity index (χ2n) is 6.05. The summed E-state index contributed by atoms with van der Waals surface area (Å²) < 4.78 is 10.1. The van der Waals surface area contributed by atoms with Crippen LogP contribution in [0, 0.1) is 13.8 Å². The minimum Gasteiger partial charge on any atom is -0.450 e. The summed E-state index contributed by atoms with van der Waals surface area (Å²) >= 11 is 0. The third-order valence-electron chi connectivity index (χ3n) is 4.24. The molecule has 0 fully saturated rings. The number of aryl methyl sites for hydroxylation is 2. The van der Waals surface area contributed by atoms with Gasteiger partial charge in [0.25, 0.3) is 0 Å². The van der Waals surface area contributed by atoms with Crippen molar-refractivity contribution >= 4 is 23.0 Å². The van der Waals surface area contributed by atoms with Crippen molar-refractivity contribution in [2.24, 2.45) is 0 Å². The van der Waals surface area contributed by atoms with Crippen molar-refractivity contribution in [3.63, 3.8) is 0 Å². The summed E-state index contributed by atoms with van der Waals surface area (Å²) in [4.78, 5) is 37.1. The molecule has 7 heteroatoms. The Morgan fingerprint density at radius 2 is 1.96 bits per heavy atom. The zero-order chi connectivity index (χ0) is 19.3. The number of ether oxygens (including phenoxy) is 1. The molecule has 0 aliphatic rings. The van der Waals surface area contributed by atoms with Crippen LogP contribution in [0.3, 0.4) is 0 Å². The number of hydrogen-bond acceptors (Lipinski definition) is 6. The summed E-state index contributed by atoms with van der Waals surface area (Å²) in [6.07, 6.45) is -0.759. The van der Waals surface area contributed by atoms with Crippen LogP contribution in [-0.4, -0.2) is 36.6 Å².